The van der Waals surface area contributed by atoms with E-state index in [2.05, 4.69) is 15.2 Å². The van der Waals surface area contributed by atoms with Gasteiger partial charge >= 0.3 is 5.69 Å². The molecule has 0 radical (unpaired) electrons. The molecule has 0 saturated heterocycles. The van der Waals surface area contributed by atoms with E-state index in [4.69, 9.17) is 5.73 Å². The second-order valence-corrected chi connectivity index (χ2v) is 5.94. The number of hydrogen-bond acceptors (Lipinski definition) is 4. The van der Waals surface area contributed by atoms with Crippen molar-refractivity contribution < 1.29 is 4.39 Å². The first kappa shape index (κ1) is 16.2. The summed E-state index contributed by atoms with van der Waals surface area (Å²) in [4.78, 5) is 16.5. The maximum Gasteiger partial charge on any atom is 0.348 e. The van der Waals surface area contributed by atoms with Gasteiger partial charge in [0.1, 0.15) is 5.82 Å². The summed E-state index contributed by atoms with van der Waals surface area (Å²) >= 11 is 0. The Labute approximate surface area is 147 Å². The van der Waals surface area contributed by atoms with Crippen LogP contribution in [0.5, 0.6) is 0 Å². The molecule has 0 bridgehead atoms. The Morgan fingerprint density at radius 3 is 2.92 bits per heavy atom. The highest BCUT2D eigenvalue weighted by molar-refractivity contribution is 5.89. The summed E-state index contributed by atoms with van der Waals surface area (Å²) in [7, 11) is 0. The van der Waals surface area contributed by atoms with Crippen molar-refractivity contribution in [1.29, 1.82) is 0 Å². The minimum atomic E-state index is -0.397. The van der Waals surface area contributed by atoms with E-state index in [0.717, 1.165) is 11.9 Å². The van der Waals surface area contributed by atoms with Gasteiger partial charge in [-0.05, 0) is 43.3 Å². The van der Waals surface area contributed by atoms with Crippen molar-refractivity contribution in [3.8, 4) is 17.1 Å². The van der Waals surface area contributed by atoms with E-state index in [1.807, 2.05) is 16.8 Å². The number of H-pyrrole nitrogens is 1. The van der Waals surface area contributed by atoms with Crippen LogP contribution < -0.4 is 11.4 Å². The number of aryl methyl sites for hydroxylation is 1. The molecule has 0 unspecified atom stereocenters. The standard InChI is InChI=1S/C18H17FN6O/c19-13-4-5-15-14(9-13)16(11-24(15)8-2-6-20)25-17(22-23-18(25)26)12-3-1-7-21-10-12/h1,3-5,7,9-11H,2,6,8,20H2,(H,23,26). The lowest BCUT2D eigenvalue weighted by atomic mass is 10.2. The van der Waals surface area contributed by atoms with Crippen LogP contribution in [0.25, 0.3) is 28.0 Å². The summed E-state index contributed by atoms with van der Waals surface area (Å²) in [5, 5.41) is 7.23. The molecule has 0 spiro atoms. The summed E-state index contributed by atoms with van der Waals surface area (Å²) in [6.07, 6.45) is 5.87. The second kappa shape index (κ2) is 6.57. The molecule has 26 heavy (non-hydrogen) atoms. The summed E-state index contributed by atoms with van der Waals surface area (Å²) in [5.41, 5.74) is 7.31. The number of aromatic nitrogens is 5. The first-order chi connectivity index (χ1) is 12.7. The Morgan fingerprint density at radius 1 is 1.27 bits per heavy atom. The van der Waals surface area contributed by atoms with Crippen LogP contribution in [0.15, 0.2) is 53.7 Å². The quantitative estimate of drug-likeness (QED) is 0.575. The van der Waals surface area contributed by atoms with Crippen molar-refractivity contribution in [2.75, 3.05) is 6.54 Å². The average molecular weight is 352 g/mol. The molecule has 4 aromatic rings. The molecule has 1 aromatic carbocycles. The lowest BCUT2D eigenvalue weighted by Gasteiger charge is -2.04. The first-order valence-corrected chi connectivity index (χ1v) is 8.25. The molecule has 132 valence electrons. The van der Waals surface area contributed by atoms with Gasteiger partial charge in [0.15, 0.2) is 5.82 Å². The highest BCUT2D eigenvalue weighted by Gasteiger charge is 2.18. The molecule has 0 aliphatic heterocycles. The van der Waals surface area contributed by atoms with Crippen LogP contribution in [-0.4, -0.2) is 30.9 Å². The number of nitrogens with zero attached hydrogens (tertiary/aromatic N) is 4. The fraction of sp³-hybridized carbons (Fsp3) is 0.167. The van der Waals surface area contributed by atoms with Crippen molar-refractivity contribution in [2.45, 2.75) is 13.0 Å². The van der Waals surface area contributed by atoms with Crippen LogP contribution in [0.4, 0.5) is 4.39 Å². The number of halogens is 1. The van der Waals surface area contributed by atoms with Gasteiger partial charge in [-0.25, -0.2) is 18.9 Å². The number of nitrogens with one attached hydrogen (secondary N) is 1. The van der Waals surface area contributed by atoms with Gasteiger partial charge in [0.25, 0.3) is 0 Å². The van der Waals surface area contributed by atoms with Gasteiger partial charge in [0, 0.05) is 36.1 Å². The number of fused-ring (bicyclic) bond motifs is 1. The second-order valence-electron chi connectivity index (χ2n) is 5.94. The highest BCUT2D eigenvalue weighted by Crippen LogP contribution is 2.28. The van der Waals surface area contributed by atoms with Gasteiger partial charge in [-0.15, -0.1) is 0 Å². The zero-order chi connectivity index (χ0) is 18.1. The fourth-order valence-corrected chi connectivity index (χ4v) is 3.08. The van der Waals surface area contributed by atoms with Gasteiger partial charge < -0.3 is 10.3 Å². The summed E-state index contributed by atoms with van der Waals surface area (Å²) in [5.74, 6) is 0.0556. The lowest BCUT2D eigenvalue weighted by Crippen LogP contribution is -2.15. The molecule has 0 aliphatic carbocycles. The van der Waals surface area contributed by atoms with Crippen molar-refractivity contribution >= 4 is 10.9 Å². The molecule has 0 amide bonds. The van der Waals surface area contributed by atoms with Crippen LogP contribution in [0.3, 0.4) is 0 Å². The minimum Gasteiger partial charge on any atom is -0.345 e. The number of nitrogens with two attached hydrogens (primary N) is 1. The van der Waals surface area contributed by atoms with E-state index in [-0.39, 0.29) is 5.82 Å². The third-order valence-corrected chi connectivity index (χ3v) is 4.26. The van der Waals surface area contributed by atoms with Crippen LogP contribution in [-0.2, 0) is 6.54 Å². The number of benzene rings is 1. The Balaban J connectivity index is 1.97. The van der Waals surface area contributed by atoms with Crippen molar-refractivity contribution in [2.24, 2.45) is 5.73 Å². The molecular formula is C18H17FN6O. The van der Waals surface area contributed by atoms with Crippen molar-refractivity contribution in [1.82, 2.24) is 24.3 Å². The monoisotopic (exact) mass is 352 g/mol. The maximum absolute atomic E-state index is 13.9. The first-order valence-electron chi connectivity index (χ1n) is 8.25. The highest BCUT2D eigenvalue weighted by atomic mass is 19.1. The molecular weight excluding hydrogens is 335 g/mol. The smallest absolute Gasteiger partial charge is 0.345 e. The average Bonchev–Trinajstić information content (AvgIpc) is 3.20. The van der Waals surface area contributed by atoms with Crippen LogP contribution in [0.2, 0.25) is 0 Å². The van der Waals surface area contributed by atoms with E-state index in [9.17, 15) is 9.18 Å². The van der Waals surface area contributed by atoms with Gasteiger partial charge in [0.2, 0.25) is 0 Å². The summed E-state index contributed by atoms with van der Waals surface area (Å²) < 4.78 is 17.3. The summed E-state index contributed by atoms with van der Waals surface area (Å²) in [6.45, 7) is 1.22. The fourth-order valence-electron chi connectivity index (χ4n) is 3.08. The Bertz CT molecular complexity index is 1110. The van der Waals surface area contributed by atoms with Crippen molar-refractivity contribution in [3.05, 3.63) is 65.2 Å². The molecule has 0 fully saturated rings. The van der Waals surface area contributed by atoms with E-state index < -0.39 is 5.69 Å². The number of hydrogen-bond donors (Lipinski definition) is 2. The third kappa shape index (κ3) is 2.70. The molecule has 4 rings (SSSR count). The zero-order valence-electron chi connectivity index (χ0n) is 13.9. The van der Waals surface area contributed by atoms with E-state index in [0.29, 0.717) is 35.6 Å². The SMILES string of the molecule is NCCCn1cc(-n2c(-c3cccnc3)n[nH]c2=O)c2cc(F)ccc21. The number of aromatic amines is 1. The summed E-state index contributed by atoms with van der Waals surface area (Å²) in [6, 6.07) is 8.12. The predicted octanol–water partition coefficient (Wildman–Crippen LogP) is 2.07. The Morgan fingerprint density at radius 2 is 2.15 bits per heavy atom. The third-order valence-electron chi connectivity index (χ3n) is 4.26. The van der Waals surface area contributed by atoms with Gasteiger partial charge in [-0.2, -0.15) is 5.10 Å². The predicted molar refractivity (Wildman–Crippen MR) is 96.5 cm³/mol. The number of rotatable bonds is 5. The van der Waals surface area contributed by atoms with E-state index in [1.54, 1.807) is 24.5 Å². The van der Waals surface area contributed by atoms with E-state index >= 15 is 0 Å². The normalized spacial score (nSPS) is 11.3. The van der Waals surface area contributed by atoms with Gasteiger partial charge in [0.05, 0.1) is 11.2 Å². The molecule has 3 aromatic heterocycles. The Hall–Kier alpha value is -3.26. The maximum atomic E-state index is 13.9. The molecule has 7 nitrogen and oxygen atoms in total. The van der Waals surface area contributed by atoms with Gasteiger partial charge in [-0.3, -0.25) is 4.98 Å². The zero-order valence-corrected chi connectivity index (χ0v) is 13.9. The van der Waals surface area contributed by atoms with Crippen LogP contribution >= 0.6 is 0 Å². The topological polar surface area (TPSA) is 94.5 Å². The molecule has 3 heterocycles. The molecule has 8 heteroatoms. The minimum absolute atomic E-state index is 0.366. The molecule has 0 saturated carbocycles. The van der Waals surface area contributed by atoms with Crippen LogP contribution in [0.1, 0.15) is 6.42 Å². The van der Waals surface area contributed by atoms with Crippen LogP contribution in [0, 0.1) is 5.82 Å². The lowest BCUT2D eigenvalue weighted by molar-refractivity contribution is 0.629. The molecule has 0 atom stereocenters. The number of pyridine rings is 1. The molecule has 0 aliphatic rings. The van der Waals surface area contributed by atoms with Crippen molar-refractivity contribution in [3.63, 3.8) is 0 Å². The largest absolute Gasteiger partial charge is 0.348 e. The molecule has 3 N–H and O–H groups in total. The van der Waals surface area contributed by atoms with E-state index in [1.165, 1.54) is 16.7 Å². The van der Waals surface area contributed by atoms with Gasteiger partial charge in [-0.1, -0.05) is 0 Å². The Kier molecular flexibility index (Phi) is 4.10.